The van der Waals surface area contributed by atoms with Crippen LogP contribution in [-0.2, 0) is 0 Å². The van der Waals surface area contributed by atoms with Crippen molar-refractivity contribution in [3.8, 4) is 0 Å². The molecular formula is C22H40N2O. The summed E-state index contributed by atoms with van der Waals surface area (Å²) < 4.78 is 0. The minimum absolute atomic E-state index is 0.384. The molecule has 0 aliphatic heterocycles. The first-order valence-corrected chi connectivity index (χ1v) is 11.0. The molecule has 144 valence electrons. The highest BCUT2D eigenvalue weighted by molar-refractivity contribution is 5.03. The molecule has 3 nitrogen and oxygen atoms in total. The molecule has 0 aromatic rings. The number of hydrogen-bond donors (Lipinski definition) is 1. The van der Waals surface area contributed by atoms with Crippen molar-refractivity contribution in [2.24, 2.45) is 11.8 Å². The Bertz CT molecular complexity index is 404. The van der Waals surface area contributed by atoms with Crippen LogP contribution in [0.1, 0.15) is 89.9 Å². The van der Waals surface area contributed by atoms with Gasteiger partial charge in [0.1, 0.15) is 0 Å². The highest BCUT2D eigenvalue weighted by Crippen LogP contribution is 2.34. The molecule has 3 aliphatic carbocycles. The fourth-order valence-electron chi connectivity index (χ4n) is 5.49. The van der Waals surface area contributed by atoms with Crippen molar-refractivity contribution in [3.63, 3.8) is 0 Å². The summed E-state index contributed by atoms with van der Waals surface area (Å²) in [7, 11) is 2.26. The molecule has 3 fully saturated rings. The highest BCUT2D eigenvalue weighted by atomic mass is 16.5. The van der Waals surface area contributed by atoms with Crippen LogP contribution in [0.4, 0.5) is 0 Å². The first kappa shape index (κ1) is 19.2. The Kier molecular flexibility index (Phi) is 7.24. The molecule has 3 heteroatoms. The lowest BCUT2D eigenvalue weighted by Gasteiger charge is -2.41. The first-order valence-electron chi connectivity index (χ1n) is 11.0. The number of allylic oxidation sites excluding steroid dienone is 1. The molecule has 0 aromatic carbocycles. The van der Waals surface area contributed by atoms with E-state index in [-0.39, 0.29) is 0 Å². The van der Waals surface area contributed by atoms with E-state index in [1.54, 1.807) is 5.06 Å². The first-order chi connectivity index (χ1) is 12.1. The van der Waals surface area contributed by atoms with Crippen LogP contribution < -0.4 is 0 Å². The number of rotatable bonds is 6. The van der Waals surface area contributed by atoms with Gasteiger partial charge in [0.25, 0.3) is 0 Å². The smallest absolute Gasteiger partial charge is 0.0351 e. The van der Waals surface area contributed by atoms with Crippen molar-refractivity contribution in [3.05, 3.63) is 12.3 Å². The molecule has 3 saturated carbocycles. The fourth-order valence-corrected chi connectivity index (χ4v) is 5.49. The van der Waals surface area contributed by atoms with Crippen LogP contribution in [-0.4, -0.2) is 40.8 Å². The largest absolute Gasteiger partial charge is 0.375 e. The molecule has 0 aromatic heterocycles. The van der Waals surface area contributed by atoms with Crippen molar-refractivity contribution in [1.82, 2.24) is 9.96 Å². The molecule has 1 N–H and O–H groups in total. The molecule has 0 amide bonds. The normalized spacial score (nSPS) is 29.7. The van der Waals surface area contributed by atoms with Crippen LogP contribution in [0, 0.1) is 11.8 Å². The molecule has 0 spiro atoms. The lowest BCUT2D eigenvalue weighted by atomic mass is 9.84. The minimum atomic E-state index is 0.384. The Morgan fingerprint density at radius 2 is 1.32 bits per heavy atom. The molecular weight excluding hydrogens is 308 g/mol. The standard InChI is InChI=1S/C22H40N2O/c1-18(20-11-7-4-8-12-20)23(2)21-13-15-22(16-14-21)24(25)17-19-9-5-3-6-10-19/h19-22,25H,1,3-17H2,2H3. The van der Waals surface area contributed by atoms with Gasteiger partial charge in [0.15, 0.2) is 0 Å². The van der Waals surface area contributed by atoms with E-state index in [1.807, 2.05) is 0 Å². The van der Waals surface area contributed by atoms with E-state index < -0.39 is 0 Å². The van der Waals surface area contributed by atoms with Crippen molar-refractivity contribution in [2.75, 3.05) is 13.6 Å². The Morgan fingerprint density at radius 3 is 1.92 bits per heavy atom. The maximum atomic E-state index is 10.6. The molecule has 0 heterocycles. The maximum Gasteiger partial charge on any atom is 0.0351 e. The molecule has 25 heavy (non-hydrogen) atoms. The van der Waals surface area contributed by atoms with Gasteiger partial charge in [-0.2, -0.15) is 5.06 Å². The van der Waals surface area contributed by atoms with E-state index in [4.69, 9.17) is 0 Å². The molecule has 0 bridgehead atoms. The third-order valence-corrected chi connectivity index (χ3v) is 7.33. The zero-order valence-corrected chi connectivity index (χ0v) is 16.5. The lowest BCUT2D eigenvalue weighted by Crippen LogP contribution is -2.43. The van der Waals surface area contributed by atoms with E-state index >= 15 is 0 Å². The van der Waals surface area contributed by atoms with Crippen LogP contribution in [0.2, 0.25) is 0 Å². The van der Waals surface area contributed by atoms with Gasteiger partial charge >= 0.3 is 0 Å². The third kappa shape index (κ3) is 5.23. The van der Waals surface area contributed by atoms with Crippen LogP contribution in [0.5, 0.6) is 0 Å². The monoisotopic (exact) mass is 348 g/mol. The van der Waals surface area contributed by atoms with Crippen LogP contribution in [0.15, 0.2) is 12.3 Å². The molecule has 3 rings (SSSR count). The predicted molar refractivity (Wildman–Crippen MR) is 105 cm³/mol. The van der Waals surface area contributed by atoms with Crippen LogP contribution in [0.25, 0.3) is 0 Å². The lowest BCUT2D eigenvalue weighted by molar-refractivity contribution is -0.148. The zero-order chi connectivity index (χ0) is 17.6. The zero-order valence-electron chi connectivity index (χ0n) is 16.5. The molecule has 0 unspecified atom stereocenters. The second-order valence-corrected chi connectivity index (χ2v) is 9.03. The summed E-state index contributed by atoms with van der Waals surface area (Å²) in [5.74, 6) is 1.45. The van der Waals surface area contributed by atoms with Gasteiger partial charge in [-0.25, -0.2) is 0 Å². The second kappa shape index (κ2) is 9.41. The van der Waals surface area contributed by atoms with Gasteiger partial charge in [0, 0.05) is 31.4 Å². The van der Waals surface area contributed by atoms with Crippen molar-refractivity contribution < 1.29 is 5.21 Å². The van der Waals surface area contributed by atoms with Gasteiger partial charge in [0.05, 0.1) is 0 Å². The maximum absolute atomic E-state index is 10.6. The Labute approximate surface area is 155 Å². The summed E-state index contributed by atoms with van der Waals surface area (Å²) in [6.07, 6.45) is 18.3. The molecule has 0 saturated heterocycles. The summed E-state index contributed by atoms with van der Waals surface area (Å²) in [4.78, 5) is 2.50. The van der Waals surface area contributed by atoms with E-state index in [9.17, 15) is 5.21 Å². The van der Waals surface area contributed by atoms with Gasteiger partial charge in [-0.05, 0) is 63.2 Å². The van der Waals surface area contributed by atoms with Crippen LogP contribution in [0.3, 0.4) is 0 Å². The van der Waals surface area contributed by atoms with E-state index in [2.05, 4.69) is 18.5 Å². The van der Waals surface area contributed by atoms with Crippen molar-refractivity contribution in [2.45, 2.75) is 102 Å². The fraction of sp³-hybridized carbons (Fsp3) is 0.909. The summed E-state index contributed by atoms with van der Waals surface area (Å²) in [6.45, 7) is 5.35. The predicted octanol–water partition coefficient (Wildman–Crippen LogP) is 5.59. The Morgan fingerprint density at radius 1 is 0.800 bits per heavy atom. The topological polar surface area (TPSA) is 26.7 Å². The summed E-state index contributed by atoms with van der Waals surface area (Å²) in [5, 5.41) is 12.3. The number of hydroxylamine groups is 2. The van der Waals surface area contributed by atoms with E-state index in [0.29, 0.717) is 12.1 Å². The molecule has 0 radical (unpaired) electrons. The minimum Gasteiger partial charge on any atom is -0.375 e. The Balaban J connectivity index is 1.41. The second-order valence-electron chi connectivity index (χ2n) is 9.03. The molecule has 0 atom stereocenters. The average molecular weight is 349 g/mol. The summed E-state index contributed by atoms with van der Waals surface area (Å²) in [5.41, 5.74) is 1.38. The number of hydrogen-bond acceptors (Lipinski definition) is 3. The van der Waals surface area contributed by atoms with Crippen LogP contribution >= 0.6 is 0 Å². The van der Waals surface area contributed by atoms with Gasteiger partial charge in [-0.1, -0.05) is 45.1 Å². The number of nitrogens with zero attached hydrogens (tertiary/aromatic N) is 2. The van der Waals surface area contributed by atoms with E-state index in [1.165, 1.54) is 82.7 Å². The van der Waals surface area contributed by atoms with Gasteiger partial charge in [-0.3, -0.25) is 0 Å². The third-order valence-electron chi connectivity index (χ3n) is 7.33. The van der Waals surface area contributed by atoms with Gasteiger partial charge in [0.2, 0.25) is 0 Å². The van der Waals surface area contributed by atoms with Crippen molar-refractivity contribution >= 4 is 0 Å². The SMILES string of the molecule is C=C(C1CCCCC1)N(C)C1CCC(N(O)CC2CCCCC2)CC1. The molecule has 3 aliphatic rings. The van der Waals surface area contributed by atoms with Crippen molar-refractivity contribution in [1.29, 1.82) is 0 Å². The average Bonchev–Trinajstić information content (AvgIpc) is 2.68. The highest BCUT2D eigenvalue weighted by Gasteiger charge is 2.30. The summed E-state index contributed by atoms with van der Waals surface area (Å²) in [6, 6.07) is 1.02. The van der Waals surface area contributed by atoms with Gasteiger partial charge < -0.3 is 10.1 Å². The Hall–Kier alpha value is -0.540. The quantitative estimate of drug-likeness (QED) is 0.633. The summed E-state index contributed by atoms with van der Waals surface area (Å²) >= 11 is 0. The van der Waals surface area contributed by atoms with Gasteiger partial charge in [-0.15, -0.1) is 0 Å². The van der Waals surface area contributed by atoms with E-state index in [0.717, 1.165) is 31.2 Å².